The molecule has 0 amide bonds. The first-order valence-corrected chi connectivity index (χ1v) is 12.1. The number of carbonyl (C=O) groups is 1. The van der Waals surface area contributed by atoms with E-state index in [1.807, 2.05) is 0 Å². The summed E-state index contributed by atoms with van der Waals surface area (Å²) in [5.41, 5.74) is 8.27. The summed E-state index contributed by atoms with van der Waals surface area (Å²) >= 11 is 0. The zero-order valence-electron chi connectivity index (χ0n) is 15.9. The van der Waals surface area contributed by atoms with Crippen molar-refractivity contribution in [1.82, 2.24) is 0 Å². The number of hydrogen-bond acceptors (Lipinski definition) is 2. The Balaban J connectivity index is 2.93. The zero-order chi connectivity index (χ0) is 17.7. The summed E-state index contributed by atoms with van der Waals surface area (Å²) in [4.78, 5) is 10.9. The molecule has 0 bridgehead atoms. The fraction of sp³-hybridized carbons (Fsp3) is 0.700. The van der Waals surface area contributed by atoms with E-state index in [9.17, 15) is 4.79 Å². The van der Waals surface area contributed by atoms with E-state index in [0.717, 1.165) is 19.3 Å². The molecule has 1 aliphatic rings. The van der Waals surface area contributed by atoms with Gasteiger partial charge in [0.15, 0.2) is 0 Å². The maximum absolute atomic E-state index is 10.9. The van der Waals surface area contributed by atoms with Crippen LogP contribution in [0, 0.1) is 28.7 Å². The van der Waals surface area contributed by atoms with Gasteiger partial charge in [-0.2, -0.15) is 0 Å². The molecule has 0 aliphatic heterocycles. The van der Waals surface area contributed by atoms with Crippen LogP contribution >= 0.6 is 0 Å². The summed E-state index contributed by atoms with van der Waals surface area (Å²) in [6.07, 6.45) is 5.68. The Kier molecular flexibility index (Phi) is 6.93. The van der Waals surface area contributed by atoms with Crippen LogP contribution in [0.3, 0.4) is 0 Å². The Hall–Kier alpha value is -1.23. The summed E-state index contributed by atoms with van der Waals surface area (Å²) in [6.45, 7) is 15.2. The molecule has 0 saturated heterocycles. The number of rotatable bonds is 2. The minimum absolute atomic E-state index is 0.295. The number of carbonyl (C=O) groups excluding carboxylic acids is 1. The van der Waals surface area contributed by atoms with Gasteiger partial charge in [-0.25, -0.2) is 0 Å². The third-order valence-electron chi connectivity index (χ3n) is 4.33. The first-order valence-electron chi connectivity index (χ1n) is 8.60. The van der Waals surface area contributed by atoms with Crippen molar-refractivity contribution in [2.45, 2.75) is 73.0 Å². The van der Waals surface area contributed by atoms with E-state index < -0.39 is 8.07 Å². The van der Waals surface area contributed by atoms with E-state index in [4.69, 9.17) is 4.74 Å². The molecule has 2 nitrogen and oxygen atoms in total. The molecule has 0 heterocycles. The number of hydrogen-bond donors (Lipinski definition) is 0. The van der Waals surface area contributed by atoms with E-state index in [2.05, 4.69) is 57.6 Å². The third kappa shape index (κ3) is 7.73. The van der Waals surface area contributed by atoms with Crippen LogP contribution in [0.15, 0.2) is 17.6 Å². The van der Waals surface area contributed by atoms with Crippen molar-refractivity contribution in [3.8, 4) is 11.5 Å². The van der Waals surface area contributed by atoms with Crippen molar-refractivity contribution in [1.29, 1.82) is 0 Å². The predicted molar refractivity (Wildman–Crippen MR) is 99.4 cm³/mol. The van der Waals surface area contributed by atoms with Gasteiger partial charge in [-0.05, 0) is 42.1 Å². The van der Waals surface area contributed by atoms with E-state index >= 15 is 0 Å². The second kappa shape index (κ2) is 8.04. The third-order valence-corrected chi connectivity index (χ3v) is 5.26. The molecule has 1 fully saturated rings. The standard InChI is InChI=1S/C20H32O2Si/c1-16(21)22-13-12-17-10-11-19(20(2,3)4)15-18(17)9-8-14-23(5,6)7/h13,18-19H,9-11,15H2,1-7H3/t12?,18-,19-/m0/s1. The number of ether oxygens (including phenoxy) is 1. The molecule has 0 aromatic rings. The van der Waals surface area contributed by atoms with Gasteiger partial charge in [-0.1, -0.05) is 46.1 Å². The van der Waals surface area contributed by atoms with Gasteiger partial charge in [0.2, 0.25) is 0 Å². The number of allylic oxidation sites excluding steroid dienone is 1. The van der Waals surface area contributed by atoms with Crippen molar-refractivity contribution in [3.05, 3.63) is 17.6 Å². The minimum Gasteiger partial charge on any atom is -0.426 e. The number of esters is 1. The molecule has 0 radical (unpaired) electrons. The average molecular weight is 333 g/mol. The lowest BCUT2D eigenvalue weighted by Crippen LogP contribution is -2.28. The molecule has 1 saturated carbocycles. The Morgan fingerprint density at radius 2 is 2.00 bits per heavy atom. The van der Waals surface area contributed by atoms with Crippen molar-refractivity contribution >= 4 is 14.0 Å². The summed E-state index contributed by atoms with van der Waals surface area (Å²) < 4.78 is 4.92. The average Bonchev–Trinajstić information content (AvgIpc) is 2.37. The lowest BCUT2D eigenvalue weighted by atomic mass is 9.67. The lowest BCUT2D eigenvalue weighted by molar-refractivity contribution is -0.135. The van der Waals surface area contributed by atoms with Crippen LogP contribution in [0.2, 0.25) is 19.6 Å². The van der Waals surface area contributed by atoms with Crippen LogP contribution in [0.4, 0.5) is 0 Å². The van der Waals surface area contributed by atoms with Crippen LogP contribution < -0.4 is 0 Å². The normalized spacial score (nSPS) is 21.8. The van der Waals surface area contributed by atoms with Gasteiger partial charge in [0.05, 0.1) is 0 Å². The van der Waals surface area contributed by atoms with E-state index in [-0.39, 0.29) is 5.97 Å². The largest absolute Gasteiger partial charge is 0.426 e. The molecule has 0 aromatic carbocycles. The van der Waals surface area contributed by atoms with E-state index in [0.29, 0.717) is 17.3 Å². The molecule has 0 N–H and O–H groups in total. The lowest BCUT2D eigenvalue weighted by Gasteiger charge is -2.38. The summed E-state index contributed by atoms with van der Waals surface area (Å²) in [5.74, 6) is 4.27. The minimum atomic E-state index is -1.33. The molecule has 0 aromatic heterocycles. The molecule has 3 heteroatoms. The van der Waals surface area contributed by atoms with Gasteiger partial charge >= 0.3 is 5.97 Å². The van der Waals surface area contributed by atoms with Gasteiger partial charge in [0, 0.05) is 13.3 Å². The molecule has 23 heavy (non-hydrogen) atoms. The highest BCUT2D eigenvalue weighted by atomic mass is 28.3. The van der Waals surface area contributed by atoms with Crippen LogP contribution in [-0.2, 0) is 9.53 Å². The first-order chi connectivity index (χ1) is 10.5. The van der Waals surface area contributed by atoms with Gasteiger partial charge in [0.25, 0.3) is 0 Å². The van der Waals surface area contributed by atoms with Crippen molar-refractivity contribution < 1.29 is 9.53 Å². The van der Waals surface area contributed by atoms with Crippen molar-refractivity contribution in [3.63, 3.8) is 0 Å². The molecule has 1 aliphatic carbocycles. The van der Waals surface area contributed by atoms with Gasteiger partial charge < -0.3 is 4.74 Å². The van der Waals surface area contributed by atoms with Crippen LogP contribution in [0.1, 0.15) is 53.4 Å². The summed E-state index contributed by atoms with van der Waals surface area (Å²) in [7, 11) is -1.33. The Labute approximate surface area is 143 Å². The molecule has 0 unspecified atom stereocenters. The predicted octanol–water partition coefficient (Wildman–Crippen LogP) is 5.32. The molecule has 1 rings (SSSR count). The zero-order valence-corrected chi connectivity index (χ0v) is 16.9. The van der Waals surface area contributed by atoms with Crippen molar-refractivity contribution in [2.24, 2.45) is 17.3 Å². The Morgan fingerprint density at radius 1 is 1.35 bits per heavy atom. The molecule has 2 atom stereocenters. The maximum atomic E-state index is 10.9. The maximum Gasteiger partial charge on any atom is 0.308 e. The fourth-order valence-corrected chi connectivity index (χ4v) is 3.58. The van der Waals surface area contributed by atoms with E-state index in [1.54, 1.807) is 0 Å². The quantitative estimate of drug-likeness (QED) is 0.225. The molecule has 128 valence electrons. The fourth-order valence-electron chi connectivity index (χ4n) is 2.95. The van der Waals surface area contributed by atoms with Gasteiger partial charge in [-0.15, -0.1) is 11.5 Å². The second-order valence-corrected chi connectivity index (χ2v) is 13.4. The highest BCUT2D eigenvalue weighted by Crippen LogP contribution is 2.43. The summed E-state index contributed by atoms with van der Waals surface area (Å²) in [5, 5.41) is 0. The monoisotopic (exact) mass is 332 g/mol. The van der Waals surface area contributed by atoms with Gasteiger partial charge in [0.1, 0.15) is 14.3 Å². The first kappa shape index (κ1) is 19.8. The second-order valence-electron chi connectivity index (χ2n) is 8.69. The highest BCUT2D eigenvalue weighted by Gasteiger charge is 2.32. The highest BCUT2D eigenvalue weighted by molar-refractivity contribution is 6.83. The van der Waals surface area contributed by atoms with Crippen LogP contribution in [0.5, 0.6) is 0 Å². The van der Waals surface area contributed by atoms with Crippen LogP contribution in [0.25, 0.3) is 0 Å². The van der Waals surface area contributed by atoms with E-state index in [1.165, 1.54) is 25.2 Å². The topological polar surface area (TPSA) is 26.3 Å². The van der Waals surface area contributed by atoms with Gasteiger partial charge in [-0.3, -0.25) is 4.79 Å². The van der Waals surface area contributed by atoms with Crippen LogP contribution in [-0.4, -0.2) is 14.0 Å². The molecular weight excluding hydrogens is 300 g/mol. The Bertz CT molecular complexity index is 543. The molecular formula is C20H32O2Si. The smallest absolute Gasteiger partial charge is 0.308 e. The Morgan fingerprint density at radius 3 is 2.52 bits per heavy atom. The SMILES string of the molecule is CC(=O)OC=C=C1CC[C@H](C(C)(C)C)C[C@@H]1CC#C[Si](C)(C)C. The molecule has 0 spiro atoms. The summed E-state index contributed by atoms with van der Waals surface area (Å²) in [6, 6.07) is 0. The van der Waals surface area contributed by atoms with Crippen molar-refractivity contribution in [2.75, 3.05) is 0 Å².